The molecule has 0 saturated heterocycles. The first-order chi connectivity index (χ1) is 23.1. The molecule has 0 N–H and O–H groups in total. The molecule has 0 radical (unpaired) electrons. The molecule has 5 aromatic carbocycles. The summed E-state index contributed by atoms with van der Waals surface area (Å²) in [6.45, 7) is 0. The Balaban J connectivity index is 1.79. The third-order valence-electron chi connectivity index (χ3n) is 8.02. The van der Waals surface area contributed by atoms with Gasteiger partial charge in [0.1, 0.15) is 35.4 Å². The maximum atomic E-state index is 10.1. The van der Waals surface area contributed by atoms with E-state index in [1.807, 2.05) is 135 Å². The molecule has 232 valence electrons. The van der Waals surface area contributed by atoms with Gasteiger partial charge in [-0.25, -0.2) is 0 Å². The van der Waals surface area contributed by atoms with E-state index < -0.39 is 0 Å². The third-order valence-corrected chi connectivity index (χ3v) is 8.67. The molecule has 0 atom stereocenters. The van der Waals surface area contributed by atoms with E-state index in [4.69, 9.17) is 23.2 Å². The molecule has 0 aliphatic carbocycles. The van der Waals surface area contributed by atoms with E-state index in [1.54, 1.807) is 24.3 Å². The molecule has 0 spiro atoms. The molecule has 0 bridgehead atoms. The van der Waals surface area contributed by atoms with E-state index in [1.165, 1.54) is 0 Å². The van der Waals surface area contributed by atoms with Crippen molar-refractivity contribution in [2.45, 2.75) is 0 Å². The summed E-state index contributed by atoms with van der Waals surface area (Å²) >= 11 is 13.5. The molecule has 0 fully saturated rings. The minimum atomic E-state index is -0.0965. The molecule has 0 aromatic heterocycles. The minimum absolute atomic E-state index is 0.0965. The number of rotatable bonds is 6. The Morgan fingerprint density at radius 3 is 1.12 bits per heavy atom. The summed E-state index contributed by atoms with van der Waals surface area (Å²) in [6.07, 6.45) is 3.61. The van der Waals surface area contributed by atoms with Crippen LogP contribution in [-0.2, 0) is 0 Å². The van der Waals surface area contributed by atoms with E-state index in [0.717, 1.165) is 22.5 Å². The molecular weight excluding hydrogens is 635 g/mol. The lowest BCUT2D eigenvalue weighted by Crippen LogP contribution is -2.18. The summed E-state index contributed by atoms with van der Waals surface area (Å²) in [5.41, 5.74) is 4.95. The summed E-state index contributed by atoms with van der Waals surface area (Å²) in [4.78, 5) is 4.00. The third kappa shape index (κ3) is 6.59. The first kappa shape index (κ1) is 33.3. The number of fused-ring (bicyclic) bond motifs is 2. The Hall–Kier alpha value is -6.02. The summed E-state index contributed by atoms with van der Waals surface area (Å²) in [6, 6.07) is 34.7. The predicted octanol–water partition coefficient (Wildman–Crippen LogP) is 7.99. The predicted molar refractivity (Wildman–Crippen MR) is 199 cm³/mol. The molecule has 0 unspecified atom stereocenters. The molecule has 48 heavy (non-hydrogen) atoms. The maximum Gasteiger partial charge on any atom is 0.138 e. The van der Waals surface area contributed by atoms with Gasteiger partial charge in [-0.05, 0) is 92.3 Å². The van der Waals surface area contributed by atoms with Crippen molar-refractivity contribution in [3.8, 4) is 24.3 Å². The SMILES string of the molecule is CN(C)c1ccc(/C(Cl)=C/c2ccc3c(=C(C#N)C#N)c4cc(/C=C(\Cl)c5ccc(N(C)C)cc5)ccc4c(=C(C#N)C#N)c3c2)cc1. The topological polar surface area (TPSA) is 102 Å². The summed E-state index contributed by atoms with van der Waals surface area (Å²) in [7, 11) is 7.85. The number of hydrogen-bond donors (Lipinski definition) is 0. The molecule has 0 aliphatic rings. The lowest BCUT2D eigenvalue weighted by atomic mass is 9.91. The molecule has 0 amide bonds. The maximum absolute atomic E-state index is 10.1. The lowest BCUT2D eigenvalue weighted by molar-refractivity contribution is 1.13. The molecule has 6 nitrogen and oxygen atoms in total. The number of anilines is 2. The summed E-state index contributed by atoms with van der Waals surface area (Å²) in [5, 5.41) is 44.2. The first-order valence-corrected chi connectivity index (χ1v) is 15.5. The van der Waals surface area contributed by atoms with Crippen LogP contribution in [0.5, 0.6) is 0 Å². The van der Waals surface area contributed by atoms with Gasteiger partial charge in [-0.15, -0.1) is 0 Å². The second kappa shape index (κ2) is 14.2. The van der Waals surface area contributed by atoms with Gasteiger partial charge in [0.2, 0.25) is 0 Å². The zero-order valence-corrected chi connectivity index (χ0v) is 28.2. The number of hydrogen-bond acceptors (Lipinski definition) is 6. The molecule has 0 heterocycles. The van der Waals surface area contributed by atoms with Gasteiger partial charge in [0, 0.05) is 60.1 Å². The van der Waals surface area contributed by atoms with E-state index >= 15 is 0 Å². The van der Waals surface area contributed by atoms with Crippen LogP contribution in [0.2, 0.25) is 0 Å². The molecule has 0 saturated carbocycles. The molecule has 5 aromatic rings. The van der Waals surface area contributed by atoms with E-state index in [0.29, 0.717) is 53.2 Å². The average molecular weight is 664 g/mol. The van der Waals surface area contributed by atoms with Gasteiger partial charge in [-0.2, -0.15) is 21.0 Å². The van der Waals surface area contributed by atoms with Crippen LogP contribution in [0.25, 0.3) is 54.9 Å². The minimum Gasteiger partial charge on any atom is -0.378 e. The number of nitrogens with zero attached hydrogens (tertiary/aromatic N) is 6. The van der Waals surface area contributed by atoms with Gasteiger partial charge < -0.3 is 9.80 Å². The summed E-state index contributed by atoms with van der Waals surface area (Å²) < 4.78 is 0. The van der Waals surface area contributed by atoms with Crippen molar-refractivity contribution in [1.29, 1.82) is 21.0 Å². The highest BCUT2D eigenvalue weighted by Gasteiger charge is 2.14. The Bertz CT molecular complexity index is 2240. The van der Waals surface area contributed by atoms with Gasteiger partial charge in [-0.3, -0.25) is 0 Å². The standard InChI is InChI=1S/C40H28Cl2N6/c1-47(2)31-11-7-27(8-12-31)37(41)19-25-5-15-33-35(17-25)39(29(21-43)22-44)34-16-6-26(18-36(34)40(33)30(23-45)24-46)20-38(42)28-9-13-32(14-10-28)48(3)4/h5-20H,1-4H3/b37-19-,38-20-. The average Bonchev–Trinajstić information content (AvgIpc) is 3.09. The van der Waals surface area contributed by atoms with Crippen molar-refractivity contribution in [2.75, 3.05) is 38.0 Å². The van der Waals surface area contributed by atoms with Crippen LogP contribution in [0.15, 0.2) is 84.9 Å². The van der Waals surface area contributed by atoms with Gasteiger partial charge in [-0.1, -0.05) is 71.7 Å². The fraction of sp³-hybridized carbons (Fsp3) is 0.100. The smallest absolute Gasteiger partial charge is 0.138 e. The first-order valence-electron chi connectivity index (χ1n) is 14.8. The fourth-order valence-electron chi connectivity index (χ4n) is 5.55. The monoisotopic (exact) mass is 662 g/mol. The zero-order chi connectivity index (χ0) is 34.5. The second-order valence-corrected chi connectivity index (χ2v) is 12.2. The number of benzene rings is 5. The van der Waals surface area contributed by atoms with Crippen molar-refractivity contribution >= 4 is 89.5 Å². The van der Waals surface area contributed by atoms with E-state index in [2.05, 4.69) is 0 Å². The Labute approximate surface area is 289 Å². The highest BCUT2D eigenvalue weighted by molar-refractivity contribution is 6.51. The van der Waals surface area contributed by atoms with Crippen LogP contribution in [0.1, 0.15) is 22.3 Å². The van der Waals surface area contributed by atoms with Gasteiger partial charge >= 0.3 is 0 Å². The largest absolute Gasteiger partial charge is 0.378 e. The zero-order valence-electron chi connectivity index (χ0n) is 26.7. The fourth-order valence-corrected chi connectivity index (χ4v) is 6.06. The van der Waals surface area contributed by atoms with Crippen LogP contribution in [0.4, 0.5) is 11.4 Å². The molecule has 5 rings (SSSR count). The summed E-state index contributed by atoms with van der Waals surface area (Å²) in [5.74, 6) is 0. The van der Waals surface area contributed by atoms with Crippen LogP contribution in [-0.4, -0.2) is 28.2 Å². The van der Waals surface area contributed by atoms with Gasteiger partial charge in [0.25, 0.3) is 0 Å². The number of halogens is 2. The highest BCUT2D eigenvalue weighted by atomic mass is 35.5. The van der Waals surface area contributed by atoms with Crippen LogP contribution >= 0.6 is 23.2 Å². The molecule has 0 aliphatic heterocycles. The second-order valence-electron chi connectivity index (χ2n) is 11.4. The van der Waals surface area contributed by atoms with Gasteiger partial charge in [0.15, 0.2) is 0 Å². The van der Waals surface area contributed by atoms with Crippen molar-refractivity contribution in [3.63, 3.8) is 0 Å². The number of nitriles is 4. The molecular formula is C40H28Cl2N6. The van der Waals surface area contributed by atoms with E-state index in [9.17, 15) is 21.0 Å². The Morgan fingerprint density at radius 1 is 0.500 bits per heavy atom. The van der Waals surface area contributed by atoms with Crippen molar-refractivity contribution in [2.24, 2.45) is 0 Å². The van der Waals surface area contributed by atoms with Crippen molar-refractivity contribution < 1.29 is 0 Å². The lowest BCUT2D eigenvalue weighted by Gasteiger charge is -2.13. The van der Waals surface area contributed by atoms with Crippen LogP contribution < -0.4 is 20.2 Å². The molecule has 8 heteroatoms. The van der Waals surface area contributed by atoms with Crippen LogP contribution in [0.3, 0.4) is 0 Å². The van der Waals surface area contributed by atoms with Gasteiger partial charge in [0.05, 0.1) is 0 Å². The van der Waals surface area contributed by atoms with E-state index in [-0.39, 0.29) is 11.1 Å². The normalized spacial score (nSPS) is 11.3. The highest BCUT2D eigenvalue weighted by Crippen LogP contribution is 2.28. The van der Waals surface area contributed by atoms with Crippen LogP contribution in [0, 0.1) is 45.3 Å². The Morgan fingerprint density at radius 2 is 0.833 bits per heavy atom. The Kier molecular flexibility index (Phi) is 9.85. The quantitative estimate of drug-likeness (QED) is 0.135. The van der Waals surface area contributed by atoms with Crippen molar-refractivity contribution in [3.05, 3.63) is 118 Å². The van der Waals surface area contributed by atoms with Crippen molar-refractivity contribution in [1.82, 2.24) is 0 Å².